The van der Waals surface area contributed by atoms with Crippen LogP contribution in [0.25, 0.3) is 10.9 Å². The molecule has 3 N–H and O–H groups in total. The molecule has 1 aromatic heterocycles. The summed E-state index contributed by atoms with van der Waals surface area (Å²) in [6.45, 7) is 1.78. The highest BCUT2D eigenvalue weighted by Crippen LogP contribution is 2.49. The number of hydrogen-bond donors (Lipinski definition) is 2. The van der Waals surface area contributed by atoms with Crippen molar-refractivity contribution in [1.29, 1.82) is 0 Å². The molecule has 0 amide bonds. The van der Waals surface area contributed by atoms with Gasteiger partial charge in [0.05, 0.1) is 23.1 Å². The SMILES string of the molecule is COCCC1(CNc2c(N)cnc3ccccc23)CC1. The molecule has 4 nitrogen and oxygen atoms in total. The molecule has 20 heavy (non-hydrogen) atoms. The van der Waals surface area contributed by atoms with Crippen molar-refractivity contribution in [3.63, 3.8) is 0 Å². The molecule has 4 heteroatoms. The molecule has 0 atom stereocenters. The maximum absolute atomic E-state index is 6.09. The second-order valence-electron chi connectivity index (χ2n) is 5.70. The molecule has 0 radical (unpaired) electrons. The van der Waals surface area contributed by atoms with Crippen molar-refractivity contribution in [3.05, 3.63) is 30.5 Å². The fraction of sp³-hybridized carbons (Fsp3) is 0.438. The zero-order valence-electron chi connectivity index (χ0n) is 11.9. The molecule has 2 aromatic rings. The molecule has 1 aromatic carbocycles. The first kappa shape index (κ1) is 13.2. The van der Waals surface area contributed by atoms with Crippen molar-refractivity contribution in [2.24, 2.45) is 5.41 Å². The maximum Gasteiger partial charge on any atom is 0.0743 e. The highest BCUT2D eigenvalue weighted by Gasteiger charge is 2.41. The van der Waals surface area contributed by atoms with Crippen molar-refractivity contribution < 1.29 is 4.74 Å². The molecule has 3 rings (SSSR count). The van der Waals surface area contributed by atoms with Crippen LogP contribution in [-0.4, -0.2) is 25.2 Å². The number of nitrogen functional groups attached to an aromatic ring is 1. The van der Waals surface area contributed by atoms with E-state index >= 15 is 0 Å². The monoisotopic (exact) mass is 271 g/mol. The van der Waals surface area contributed by atoms with E-state index in [1.807, 2.05) is 18.2 Å². The third kappa shape index (κ3) is 2.56. The smallest absolute Gasteiger partial charge is 0.0743 e. The molecule has 0 aliphatic heterocycles. The van der Waals surface area contributed by atoms with Crippen LogP contribution in [0.3, 0.4) is 0 Å². The highest BCUT2D eigenvalue weighted by molar-refractivity contribution is 5.96. The molecule has 1 heterocycles. The third-order valence-corrected chi connectivity index (χ3v) is 4.24. The van der Waals surface area contributed by atoms with E-state index in [1.54, 1.807) is 13.3 Å². The van der Waals surface area contributed by atoms with Gasteiger partial charge in [-0.1, -0.05) is 18.2 Å². The lowest BCUT2D eigenvalue weighted by Gasteiger charge is -2.18. The average molecular weight is 271 g/mol. The van der Waals surface area contributed by atoms with Gasteiger partial charge >= 0.3 is 0 Å². The van der Waals surface area contributed by atoms with Crippen LogP contribution in [0.1, 0.15) is 19.3 Å². The first-order chi connectivity index (χ1) is 9.74. The van der Waals surface area contributed by atoms with E-state index in [2.05, 4.69) is 16.4 Å². The van der Waals surface area contributed by atoms with Crippen LogP contribution in [0.4, 0.5) is 11.4 Å². The van der Waals surface area contributed by atoms with Gasteiger partial charge in [-0.3, -0.25) is 4.98 Å². The Morgan fingerprint density at radius 1 is 1.35 bits per heavy atom. The predicted molar refractivity (Wildman–Crippen MR) is 82.8 cm³/mol. The summed E-state index contributed by atoms with van der Waals surface area (Å²) in [6.07, 6.45) is 5.39. The molecule has 1 aliphatic carbocycles. The van der Waals surface area contributed by atoms with Gasteiger partial charge in [0.2, 0.25) is 0 Å². The van der Waals surface area contributed by atoms with E-state index in [0.717, 1.165) is 36.2 Å². The summed E-state index contributed by atoms with van der Waals surface area (Å²) in [5.41, 5.74) is 9.19. The zero-order chi connectivity index (χ0) is 14.0. The number of anilines is 2. The number of aromatic nitrogens is 1. The number of nitrogens with one attached hydrogen (secondary N) is 1. The van der Waals surface area contributed by atoms with E-state index < -0.39 is 0 Å². The molecule has 106 valence electrons. The Morgan fingerprint density at radius 3 is 2.90 bits per heavy atom. The van der Waals surface area contributed by atoms with Gasteiger partial charge in [-0.05, 0) is 30.7 Å². The summed E-state index contributed by atoms with van der Waals surface area (Å²) in [7, 11) is 1.76. The second kappa shape index (κ2) is 5.29. The first-order valence-electron chi connectivity index (χ1n) is 7.10. The summed E-state index contributed by atoms with van der Waals surface area (Å²) in [4.78, 5) is 4.37. The topological polar surface area (TPSA) is 60.2 Å². The standard InChI is InChI=1S/C16H21N3O/c1-20-9-8-16(6-7-16)11-19-15-12-4-2-3-5-14(12)18-10-13(15)17/h2-5,10H,6-9,11,17H2,1H3,(H,18,19). The average Bonchev–Trinajstić information content (AvgIpc) is 3.25. The predicted octanol–water partition coefficient (Wildman–Crippen LogP) is 3.05. The van der Waals surface area contributed by atoms with Crippen molar-refractivity contribution in [2.45, 2.75) is 19.3 Å². The van der Waals surface area contributed by atoms with E-state index in [-0.39, 0.29) is 0 Å². The highest BCUT2D eigenvalue weighted by atomic mass is 16.5. The molecule has 0 spiro atoms. The lowest BCUT2D eigenvalue weighted by atomic mass is 10.0. The Hall–Kier alpha value is -1.81. The van der Waals surface area contributed by atoms with Crippen LogP contribution in [-0.2, 0) is 4.74 Å². The Balaban J connectivity index is 1.79. The maximum atomic E-state index is 6.09. The molecule has 0 bridgehead atoms. The molecule has 0 saturated heterocycles. The molecule has 1 aliphatic rings. The zero-order valence-corrected chi connectivity index (χ0v) is 11.9. The molecule has 1 saturated carbocycles. The van der Waals surface area contributed by atoms with E-state index in [9.17, 15) is 0 Å². The number of para-hydroxylation sites is 1. The minimum Gasteiger partial charge on any atom is -0.396 e. The van der Waals surface area contributed by atoms with Crippen molar-refractivity contribution >= 4 is 22.3 Å². The van der Waals surface area contributed by atoms with Crippen molar-refractivity contribution in [1.82, 2.24) is 4.98 Å². The quantitative estimate of drug-likeness (QED) is 0.847. The molecule has 1 fully saturated rings. The summed E-state index contributed by atoms with van der Waals surface area (Å²) in [5, 5.41) is 4.64. The number of methoxy groups -OCH3 is 1. The van der Waals surface area contributed by atoms with Gasteiger partial charge in [-0.15, -0.1) is 0 Å². The van der Waals surface area contributed by atoms with Gasteiger partial charge < -0.3 is 15.8 Å². The Bertz CT molecular complexity index is 608. The number of rotatable bonds is 6. The van der Waals surface area contributed by atoms with Crippen molar-refractivity contribution in [2.75, 3.05) is 31.3 Å². The van der Waals surface area contributed by atoms with Gasteiger partial charge in [-0.25, -0.2) is 0 Å². The fourth-order valence-electron chi connectivity index (χ4n) is 2.64. The third-order valence-electron chi connectivity index (χ3n) is 4.24. The van der Waals surface area contributed by atoms with Gasteiger partial charge in [0.15, 0.2) is 0 Å². The van der Waals surface area contributed by atoms with Crippen molar-refractivity contribution in [3.8, 4) is 0 Å². The Kier molecular flexibility index (Phi) is 3.49. The lowest BCUT2D eigenvalue weighted by molar-refractivity contribution is 0.175. The number of benzene rings is 1. The van der Waals surface area contributed by atoms with Crippen LogP contribution >= 0.6 is 0 Å². The lowest BCUT2D eigenvalue weighted by Crippen LogP contribution is -2.18. The van der Waals surface area contributed by atoms with Crippen LogP contribution in [0, 0.1) is 5.41 Å². The van der Waals surface area contributed by atoms with Crippen LogP contribution in [0.2, 0.25) is 0 Å². The largest absolute Gasteiger partial charge is 0.396 e. The summed E-state index contributed by atoms with van der Waals surface area (Å²) in [6, 6.07) is 8.09. The Labute approximate surface area is 119 Å². The van der Waals surface area contributed by atoms with Crippen LogP contribution in [0.5, 0.6) is 0 Å². The van der Waals surface area contributed by atoms with Gasteiger partial charge in [0, 0.05) is 25.6 Å². The van der Waals surface area contributed by atoms with Crippen LogP contribution < -0.4 is 11.1 Å². The Morgan fingerprint density at radius 2 is 2.15 bits per heavy atom. The number of nitrogens with two attached hydrogens (primary N) is 1. The van der Waals surface area contributed by atoms with Crippen LogP contribution in [0.15, 0.2) is 30.5 Å². The number of ether oxygens (including phenoxy) is 1. The first-order valence-corrected chi connectivity index (χ1v) is 7.10. The number of nitrogens with zero attached hydrogens (tertiary/aromatic N) is 1. The van der Waals surface area contributed by atoms with E-state index in [1.165, 1.54) is 12.8 Å². The van der Waals surface area contributed by atoms with E-state index in [0.29, 0.717) is 11.1 Å². The second-order valence-corrected chi connectivity index (χ2v) is 5.70. The van der Waals surface area contributed by atoms with Gasteiger partial charge in [0.25, 0.3) is 0 Å². The minimum absolute atomic E-state index is 0.396. The fourth-order valence-corrected chi connectivity index (χ4v) is 2.64. The summed E-state index contributed by atoms with van der Waals surface area (Å²) >= 11 is 0. The molecule has 0 unspecified atom stereocenters. The molecular formula is C16H21N3O. The number of pyridine rings is 1. The normalized spacial score (nSPS) is 16.2. The van der Waals surface area contributed by atoms with Gasteiger partial charge in [0.1, 0.15) is 0 Å². The van der Waals surface area contributed by atoms with Gasteiger partial charge in [-0.2, -0.15) is 0 Å². The molecular weight excluding hydrogens is 250 g/mol. The number of fused-ring (bicyclic) bond motifs is 1. The minimum atomic E-state index is 0.396. The summed E-state index contributed by atoms with van der Waals surface area (Å²) < 4.78 is 5.20. The number of hydrogen-bond acceptors (Lipinski definition) is 4. The summed E-state index contributed by atoms with van der Waals surface area (Å²) in [5.74, 6) is 0. The van der Waals surface area contributed by atoms with E-state index in [4.69, 9.17) is 10.5 Å².